The number of nitrogens with one attached hydrogen (secondary N) is 2. The van der Waals surface area contributed by atoms with Crippen molar-refractivity contribution in [3.63, 3.8) is 0 Å². The molecule has 5 nitrogen and oxygen atoms in total. The van der Waals surface area contributed by atoms with Gasteiger partial charge in [-0.15, -0.1) is 0 Å². The molecule has 1 heterocycles. The van der Waals surface area contributed by atoms with E-state index in [2.05, 4.69) is 20.7 Å². The van der Waals surface area contributed by atoms with Crippen LogP contribution in [0.5, 0.6) is 0 Å². The van der Waals surface area contributed by atoms with Gasteiger partial charge in [-0.05, 0) is 24.1 Å². The zero-order valence-electron chi connectivity index (χ0n) is 11.1. The highest BCUT2D eigenvalue weighted by molar-refractivity contribution is 6.30. The lowest BCUT2D eigenvalue weighted by Crippen LogP contribution is -2.14. The lowest BCUT2D eigenvalue weighted by atomic mass is 10.0. The first-order valence-corrected chi connectivity index (χ1v) is 6.44. The van der Waals surface area contributed by atoms with Gasteiger partial charge >= 0.3 is 0 Å². The van der Waals surface area contributed by atoms with Crippen molar-refractivity contribution in [1.82, 2.24) is 9.97 Å². The molecular weight excluding hydrogens is 281 g/mol. The van der Waals surface area contributed by atoms with Crippen molar-refractivity contribution in [2.45, 2.75) is 19.8 Å². The predicted molar refractivity (Wildman–Crippen MR) is 78.6 cm³/mol. The summed E-state index contributed by atoms with van der Waals surface area (Å²) >= 11 is 5.73. The molecule has 0 atom stereocenters. The van der Waals surface area contributed by atoms with Gasteiger partial charge in [-0.2, -0.15) is 0 Å². The van der Waals surface area contributed by atoms with Crippen LogP contribution in [-0.4, -0.2) is 9.97 Å². The fraction of sp³-hybridized carbons (Fsp3) is 0.231. The average Bonchev–Trinajstić information content (AvgIpc) is 2.41. The lowest BCUT2D eigenvalue weighted by molar-refractivity contribution is 0.631. The van der Waals surface area contributed by atoms with Gasteiger partial charge in [-0.3, -0.25) is 0 Å². The van der Waals surface area contributed by atoms with Gasteiger partial charge in [0.1, 0.15) is 23.8 Å². The van der Waals surface area contributed by atoms with Crippen molar-refractivity contribution in [3.8, 4) is 0 Å². The summed E-state index contributed by atoms with van der Waals surface area (Å²) in [4.78, 5) is 8.21. The van der Waals surface area contributed by atoms with Gasteiger partial charge < -0.3 is 10.7 Å². The van der Waals surface area contributed by atoms with Crippen LogP contribution in [-0.2, 0) is 0 Å². The molecule has 0 fully saturated rings. The van der Waals surface area contributed by atoms with Crippen molar-refractivity contribution in [1.29, 1.82) is 0 Å². The zero-order valence-corrected chi connectivity index (χ0v) is 11.9. The Morgan fingerprint density at radius 3 is 2.55 bits per heavy atom. The van der Waals surface area contributed by atoms with Gasteiger partial charge in [-0.1, -0.05) is 25.4 Å². The highest BCUT2D eigenvalue weighted by Crippen LogP contribution is 2.31. The fourth-order valence-corrected chi connectivity index (χ4v) is 2.03. The van der Waals surface area contributed by atoms with Crippen LogP contribution in [0.4, 0.5) is 21.7 Å². The second-order valence-electron chi connectivity index (χ2n) is 4.53. The summed E-state index contributed by atoms with van der Waals surface area (Å²) in [6.07, 6.45) is 1.36. The Kier molecular flexibility index (Phi) is 4.36. The minimum absolute atomic E-state index is 0.111. The Morgan fingerprint density at radius 2 is 1.95 bits per heavy atom. The number of rotatable bonds is 4. The van der Waals surface area contributed by atoms with Crippen molar-refractivity contribution in [2.24, 2.45) is 5.84 Å². The molecule has 0 aliphatic heterocycles. The smallest absolute Gasteiger partial charge is 0.148 e. The summed E-state index contributed by atoms with van der Waals surface area (Å²) in [5.74, 6) is 6.11. The Bertz CT molecular complexity index is 618. The van der Waals surface area contributed by atoms with E-state index >= 15 is 0 Å². The van der Waals surface area contributed by atoms with Gasteiger partial charge in [0.2, 0.25) is 0 Å². The van der Waals surface area contributed by atoms with E-state index in [4.69, 9.17) is 17.4 Å². The van der Waals surface area contributed by atoms with E-state index < -0.39 is 5.82 Å². The summed E-state index contributed by atoms with van der Waals surface area (Å²) in [7, 11) is 0. The first-order chi connectivity index (χ1) is 9.52. The molecule has 0 aliphatic carbocycles. The van der Waals surface area contributed by atoms with Gasteiger partial charge in [0, 0.05) is 10.6 Å². The molecule has 2 rings (SSSR count). The molecule has 1 aromatic heterocycles. The third-order valence-electron chi connectivity index (χ3n) is 2.78. The maximum atomic E-state index is 13.8. The molecule has 0 radical (unpaired) electrons. The van der Waals surface area contributed by atoms with Crippen molar-refractivity contribution in [3.05, 3.63) is 40.9 Å². The van der Waals surface area contributed by atoms with Crippen molar-refractivity contribution >= 4 is 28.9 Å². The molecule has 0 unspecified atom stereocenters. The van der Waals surface area contributed by atoms with E-state index in [1.807, 2.05) is 13.8 Å². The molecule has 0 amide bonds. The van der Waals surface area contributed by atoms with Gasteiger partial charge in [-0.25, -0.2) is 20.2 Å². The maximum absolute atomic E-state index is 13.8. The summed E-state index contributed by atoms with van der Waals surface area (Å²) in [5, 5.41) is 3.28. The van der Waals surface area contributed by atoms with E-state index in [1.165, 1.54) is 12.4 Å². The summed E-state index contributed by atoms with van der Waals surface area (Å²) in [6.45, 7) is 3.95. The van der Waals surface area contributed by atoms with Gasteiger partial charge in [0.05, 0.1) is 5.69 Å². The number of nitrogens with two attached hydrogens (primary N) is 1. The summed E-state index contributed by atoms with van der Waals surface area (Å²) < 4.78 is 13.8. The summed E-state index contributed by atoms with van der Waals surface area (Å²) in [6, 6.07) is 4.40. The number of hydrogen-bond acceptors (Lipinski definition) is 5. The minimum atomic E-state index is -0.451. The van der Waals surface area contributed by atoms with Crippen LogP contribution in [0.1, 0.15) is 25.3 Å². The van der Waals surface area contributed by atoms with E-state index in [0.29, 0.717) is 16.7 Å². The van der Waals surface area contributed by atoms with Crippen LogP contribution in [0.2, 0.25) is 5.02 Å². The van der Waals surface area contributed by atoms with Crippen LogP contribution in [0.3, 0.4) is 0 Å². The number of hydrazine groups is 1. The average molecular weight is 296 g/mol. The molecule has 4 N–H and O–H groups in total. The molecule has 7 heteroatoms. The number of benzene rings is 1. The standard InChI is InChI=1S/C13H15ClFN5/c1-7(2)11-12(17-6-18-13(11)20-16)19-10-4-3-8(14)5-9(10)15/h3-7H,16H2,1-2H3,(H2,17,18,19,20). The van der Waals surface area contributed by atoms with E-state index in [9.17, 15) is 4.39 Å². The third kappa shape index (κ3) is 2.97. The Morgan fingerprint density at radius 1 is 1.25 bits per heavy atom. The molecule has 0 saturated carbocycles. The zero-order chi connectivity index (χ0) is 14.7. The number of anilines is 3. The largest absolute Gasteiger partial charge is 0.337 e. The number of hydrogen-bond donors (Lipinski definition) is 3. The second-order valence-corrected chi connectivity index (χ2v) is 4.97. The first-order valence-electron chi connectivity index (χ1n) is 6.06. The molecule has 20 heavy (non-hydrogen) atoms. The van der Waals surface area contributed by atoms with Crippen LogP contribution in [0, 0.1) is 5.82 Å². The van der Waals surface area contributed by atoms with E-state index in [-0.39, 0.29) is 11.6 Å². The number of halogens is 2. The highest BCUT2D eigenvalue weighted by Gasteiger charge is 2.15. The van der Waals surface area contributed by atoms with Crippen molar-refractivity contribution in [2.75, 3.05) is 10.7 Å². The Hall–Kier alpha value is -1.92. The first kappa shape index (κ1) is 14.5. The Balaban J connectivity index is 2.43. The molecule has 0 saturated heterocycles. The van der Waals surface area contributed by atoms with E-state index in [1.54, 1.807) is 12.1 Å². The highest BCUT2D eigenvalue weighted by atomic mass is 35.5. The van der Waals surface area contributed by atoms with Gasteiger partial charge in [0.15, 0.2) is 0 Å². The molecule has 0 aliphatic rings. The number of nitrogen functional groups attached to an aromatic ring is 1. The molecular formula is C13H15ClFN5. The molecule has 2 aromatic rings. The quantitative estimate of drug-likeness (QED) is 0.595. The Labute approximate surface area is 121 Å². The topological polar surface area (TPSA) is 75.9 Å². The molecule has 0 spiro atoms. The predicted octanol–water partition coefficient (Wildman–Crippen LogP) is 3.42. The minimum Gasteiger partial charge on any atom is -0.337 e. The molecule has 1 aromatic carbocycles. The fourth-order valence-electron chi connectivity index (χ4n) is 1.88. The number of aromatic nitrogens is 2. The number of nitrogens with zero attached hydrogens (tertiary/aromatic N) is 2. The van der Waals surface area contributed by atoms with Crippen molar-refractivity contribution < 1.29 is 4.39 Å². The van der Waals surface area contributed by atoms with Crippen LogP contribution in [0.15, 0.2) is 24.5 Å². The SMILES string of the molecule is CC(C)c1c(NN)ncnc1Nc1ccc(Cl)cc1F. The van der Waals surface area contributed by atoms with Crippen LogP contribution >= 0.6 is 11.6 Å². The van der Waals surface area contributed by atoms with Crippen LogP contribution in [0.25, 0.3) is 0 Å². The normalized spacial score (nSPS) is 10.7. The monoisotopic (exact) mass is 295 g/mol. The summed E-state index contributed by atoms with van der Waals surface area (Å²) in [5.41, 5.74) is 3.59. The maximum Gasteiger partial charge on any atom is 0.148 e. The molecule has 106 valence electrons. The van der Waals surface area contributed by atoms with Crippen LogP contribution < -0.4 is 16.6 Å². The second kappa shape index (κ2) is 6.02. The lowest BCUT2D eigenvalue weighted by Gasteiger charge is -2.16. The van der Waals surface area contributed by atoms with E-state index in [0.717, 1.165) is 5.56 Å². The van der Waals surface area contributed by atoms with Gasteiger partial charge in [0.25, 0.3) is 0 Å². The molecule has 0 bridgehead atoms. The third-order valence-corrected chi connectivity index (χ3v) is 3.02.